The largest absolute Gasteiger partial charge is 0.507 e. The van der Waals surface area contributed by atoms with Crippen LogP contribution in [0.15, 0.2) is 45.6 Å². The Labute approximate surface area is 181 Å². The van der Waals surface area contributed by atoms with Crippen molar-refractivity contribution in [3.05, 3.63) is 63.0 Å². The Morgan fingerprint density at radius 2 is 1.77 bits per heavy atom. The third-order valence-electron chi connectivity index (χ3n) is 5.78. The quantitative estimate of drug-likeness (QED) is 0.565. The molecule has 1 aliphatic rings. The first kappa shape index (κ1) is 21.7. The molecule has 164 valence electrons. The number of benzene rings is 2. The molecule has 0 aliphatic carbocycles. The van der Waals surface area contributed by atoms with Crippen molar-refractivity contribution in [2.24, 2.45) is 0 Å². The van der Waals surface area contributed by atoms with Gasteiger partial charge in [0.15, 0.2) is 5.58 Å². The van der Waals surface area contributed by atoms with Crippen LogP contribution in [0.4, 0.5) is 13.2 Å². The number of fused-ring (bicyclic) bond motifs is 1. The van der Waals surface area contributed by atoms with Crippen LogP contribution in [0.5, 0.6) is 5.75 Å². The summed E-state index contributed by atoms with van der Waals surface area (Å²) in [7, 11) is 2.08. The van der Waals surface area contributed by atoms with Crippen molar-refractivity contribution in [1.82, 2.24) is 0 Å². The molecule has 0 atom stereocenters. The Hall–Kier alpha value is -2.55. The smallest absolute Gasteiger partial charge is 0.450 e. The summed E-state index contributed by atoms with van der Waals surface area (Å²) in [6.45, 7) is 3.69. The maximum Gasteiger partial charge on any atom is 0.450 e. The predicted octanol–water partition coefficient (Wildman–Crippen LogP) is 1.75. The van der Waals surface area contributed by atoms with Crippen LogP contribution in [0.1, 0.15) is 11.3 Å². The van der Waals surface area contributed by atoms with E-state index in [1.54, 1.807) is 6.07 Å². The van der Waals surface area contributed by atoms with E-state index in [4.69, 9.17) is 16.0 Å². The van der Waals surface area contributed by atoms with Crippen LogP contribution in [0.25, 0.3) is 22.1 Å². The van der Waals surface area contributed by atoms with Gasteiger partial charge in [-0.05, 0) is 18.2 Å². The number of phenolic OH excluding ortho intramolecular Hbond substituents is 1. The number of phenols is 1. The van der Waals surface area contributed by atoms with Crippen molar-refractivity contribution >= 4 is 22.6 Å². The average Bonchev–Trinajstić information content (AvgIpc) is 2.71. The zero-order chi connectivity index (χ0) is 22.3. The van der Waals surface area contributed by atoms with Gasteiger partial charge >= 0.3 is 6.18 Å². The molecule has 3 N–H and O–H groups in total. The number of hydrogen-bond donors (Lipinski definition) is 3. The molecule has 31 heavy (non-hydrogen) atoms. The molecule has 3 aromatic rings. The number of rotatable bonds is 3. The molecule has 1 aromatic heterocycles. The number of hydrogen-bond acceptors (Lipinski definition) is 3. The van der Waals surface area contributed by atoms with E-state index in [-0.39, 0.29) is 39.4 Å². The lowest BCUT2D eigenvalue weighted by Crippen LogP contribution is -3.26. The van der Waals surface area contributed by atoms with E-state index >= 15 is 0 Å². The minimum atomic E-state index is -4.92. The first-order valence-electron chi connectivity index (χ1n) is 9.95. The van der Waals surface area contributed by atoms with Gasteiger partial charge in [0.25, 0.3) is 0 Å². The van der Waals surface area contributed by atoms with Crippen molar-refractivity contribution in [3.63, 3.8) is 0 Å². The first-order chi connectivity index (χ1) is 14.7. The number of quaternary nitrogens is 2. The summed E-state index contributed by atoms with van der Waals surface area (Å²) in [5, 5.41) is 10.4. The zero-order valence-corrected chi connectivity index (χ0v) is 17.5. The maximum absolute atomic E-state index is 14.0. The summed E-state index contributed by atoms with van der Waals surface area (Å²) in [5.41, 5.74) is -1.53. The van der Waals surface area contributed by atoms with Crippen molar-refractivity contribution in [3.8, 4) is 16.9 Å². The molecule has 0 spiro atoms. The third kappa shape index (κ3) is 4.15. The fourth-order valence-electron chi connectivity index (χ4n) is 4.04. The van der Waals surface area contributed by atoms with Gasteiger partial charge in [-0.25, -0.2) is 0 Å². The summed E-state index contributed by atoms with van der Waals surface area (Å²) < 4.78 is 47.2. The Morgan fingerprint density at radius 1 is 1.10 bits per heavy atom. The number of likely N-dealkylation sites (N-methyl/N-ethyl adjacent to an activating group) is 1. The second-order valence-corrected chi connectivity index (χ2v) is 8.34. The van der Waals surface area contributed by atoms with Gasteiger partial charge in [-0.15, -0.1) is 0 Å². The van der Waals surface area contributed by atoms with Gasteiger partial charge in [0.2, 0.25) is 11.2 Å². The highest BCUT2D eigenvalue weighted by Gasteiger charge is 2.40. The standard InChI is InChI=1S/C22H20ClF3N2O3/c1-27-8-10-28(11-9-27)12-15-17(29)7-6-14-19(30)18(13-4-2-3-5-16(13)23)21(22(24,25)26)31-20(14)15/h2-7,29H,8-12H2,1H3/p+2. The summed E-state index contributed by atoms with van der Waals surface area (Å²) in [6.07, 6.45) is -4.92. The van der Waals surface area contributed by atoms with Crippen molar-refractivity contribution in [2.75, 3.05) is 33.2 Å². The molecule has 1 saturated heterocycles. The highest BCUT2D eigenvalue weighted by molar-refractivity contribution is 6.33. The lowest BCUT2D eigenvalue weighted by molar-refractivity contribution is -1.01. The number of piperazine rings is 1. The number of nitrogens with one attached hydrogen (secondary N) is 2. The molecule has 5 nitrogen and oxygen atoms in total. The van der Waals surface area contributed by atoms with E-state index in [1.807, 2.05) is 0 Å². The highest BCUT2D eigenvalue weighted by Crippen LogP contribution is 2.40. The zero-order valence-electron chi connectivity index (χ0n) is 16.8. The maximum atomic E-state index is 14.0. The molecule has 1 fully saturated rings. The van der Waals surface area contributed by atoms with Gasteiger partial charge < -0.3 is 19.3 Å². The Morgan fingerprint density at radius 3 is 2.42 bits per heavy atom. The molecular formula is C22H22ClF3N2O3+2. The van der Waals surface area contributed by atoms with E-state index in [2.05, 4.69) is 7.05 Å². The fourth-order valence-corrected chi connectivity index (χ4v) is 4.27. The second-order valence-electron chi connectivity index (χ2n) is 7.94. The molecule has 0 amide bonds. The van der Waals surface area contributed by atoms with Crippen LogP contribution in [-0.4, -0.2) is 38.3 Å². The molecule has 9 heteroatoms. The van der Waals surface area contributed by atoms with Gasteiger partial charge in [0.05, 0.1) is 23.6 Å². The molecule has 0 bridgehead atoms. The van der Waals surface area contributed by atoms with Crippen LogP contribution >= 0.6 is 11.6 Å². The monoisotopic (exact) mass is 454 g/mol. The van der Waals surface area contributed by atoms with Crippen LogP contribution in [-0.2, 0) is 12.7 Å². The molecule has 4 rings (SSSR count). The van der Waals surface area contributed by atoms with Crippen molar-refractivity contribution in [2.45, 2.75) is 12.7 Å². The number of aromatic hydroxyl groups is 1. The second kappa shape index (κ2) is 8.18. The molecular weight excluding hydrogens is 433 g/mol. The minimum Gasteiger partial charge on any atom is -0.507 e. The number of halogens is 4. The summed E-state index contributed by atoms with van der Waals surface area (Å²) in [6, 6.07) is 8.47. The van der Waals surface area contributed by atoms with Gasteiger partial charge in [0.1, 0.15) is 38.5 Å². The molecule has 2 aromatic carbocycles. The summed E-state index contributed by atoms with van der Waals surface area (Å²) in [5.74, 6) is -1.60. The highest BCUT2D eigenvalue weighted by atomic mass is 35.5. The summed E-state index contributed by atoms with van der Waals surface area (Å²) >= 11 is 6.11. The Bertz CT molecular complexity index is 1190. The van der Waals surface area contributed by atoms with Gasteiger partial charge in [-0.3, -0.25) is 4.79 Å². The lowest BCUT2D eigenvalue weighted by atomic mass is 10.00. The van der Waals surface area contributed by atoms with E-state index in [9.17, 15) is 23.1 Å². The predicted molar refractivity (Wildman–Crippen MR) is 111 cm³/mol. The molecule has 0 saturated carbocycles. The summed E-state index contributed by atoms with van der Waals surface area (Å²) in [4.78, 5) is 15.7. The number of alkyl halides is 3. The van der Waals surface area contributed by atoms with Crippen LogP contribution < -0.4 is 15.2 Å². The minimum absolute atomic E-state index is 0.0167. The normalized spacial score (nSPS) is 19.6. The Kier molecular flexibility index (Phi) is 5.72. The third-order valence-corrected chi connectivity index (χ3v) is 6.11. The van der Waals surface area contributed by atoms with Gasteiger partial charge in [0, 0.05) is 10.6 Å². The molecule has 0 radical (unpaired) electrons. The fraction of sp³-hybridized carbons (Fsp3) is 0.318. The van der Waals surface area contributed by atoms with Gasteiger partial charge in [-0.2, -0.15) is 13.2 Å². The van der Waals surface area contributed by atoms with Crippen molar-refractivity contribution in [1.29, 1.82) is 0 Å². The molecule has 0 unspecified atom stereocenters. The van der Waals surface area contributed by atoms with Gasteiger partial charge in [-0.1, -0.05) is 29.8 Å². The SMILES string of the molecule is C[NH+]1CC[NH+](Cc2c(O)ccc3c(=O)c(-c4ccccc4Cl)c(C(F)(F)F)oc23)CC1. The first-order valence-corrected chi connectivity index (χ1v) is 10.3. The lowest BCUT2D eigenvalue weighted by Gasteiger charge is -2.27. The van der Waals surface area contributed by atoms with Crippen molar-refractivity contribution < 1.29 is 32.5 Å². The molecule has 1 aliphatic heterocycles. The van der Waals surface area contributed by atoms with Crippen LogP contribution in [0.2, 0.25) is 5.02 Å². The Balaban J connectivity index is 1.95. The van der Waals surface area contributed by atoms with E-state index < -0.39 is 22.9 Å². The van der Waals surface area contributed by atoms with Crippen LogP contribution in [0, 0.1) is 0 Å². The topological polar surface area (TPSA) is 59.3 Å². The average molecular weight is 455 g/mol. The van der Waals surface area contributed by atoms with E-state index in [0.717, 1.165) is 31.1 Å². The molecule has 2 heterocycles. The van der Waals surface area contributed by atoms with Crippen LogP contribution in [0.3, 0.4) is 0 Å². The van der Waals surface area contributed by atoms with E-state index in [1.165, 1.54) is 35.2 Å². The van der Waals surface area contributed by atoms with E-state index in [0.29, 0.717) is 0 Å².